The lowest BCUT2D eigenvalue weighted by Crippen LogP contribution is -2.13. The van der Waals surface area contributed by atoms with E-state index in [1.807, 2.05) is 51.1 Å². The molecule has 0 aliphatic rings. The van der Waals surface area contributed by atoms with Crippen molar-refractivity contribution in [1.29, 1.82) is 0 Å². The van der Waals surface area contributed by atoms with Crippen molar-refractivity contribution in [1.82, 2.24) is 15.0 Å². The van der Waals surface area contributed by atoms with Crippen molar-refractivity contribution in [2.24, 2.45) is 0 Å². The van der Waals surface area contributed by atoms with Gasteiger partial charge < -0.3 is 9.90 Å². The summed E-state index contributed by atoms with van der Waals surface area (Å²) < 4.78 is 0. The first-order valence-corrected chi connectivity index (χ1v) is 9.20. The summed E-state index contributed by atoms with van der Waals surface area (Å²) in [6.07, 6.45) is 0.667. The molecule has 1 heterocycles. The Morgan fingerprint density at radius 3 is 2.19 bits per heavy atom. The zero-order valence-corrected chi connectivity index (χ0v) is 17.3. The number of fused-ring (bicyclic) bond motifs is 1. The largest absolute Gasteiger partial charge is 0.505 e. The van der Waals surface area contributed by atoms with E-state index in [1.54, 1.807) is 6.92 Å². The number of benzene rings is 2. The van der Waals surface area contributed by atoms with Crippen molar-refractivity contribution in [3.05, 3.63) is 47.0 Å². The van der Waals surface area contributed by atoms with E-state index >= 15 is 0 Å². The third-order valence-corrected chi connectivity index (χ3v) is 4.29. The van der Waals surface area contributed by atoms with Gasteiger partial charge in [-0.1, -0.05) is 39.8 Å². The molecule has 2 aromatic carbocycles. The maximum atomic E-state index is 10.7. The van der Waals surface area contributed by atoms with Crippen LogP contribution in [-0.4, -0.2) is 25.9 Å². The molecule has 0 unspecified atom stereocenters. The third-order valence-electron chi connectivity index (χ3n) is 4.29. The number of hydrogen-bond donors (Lipinski definition) is 1. The van der Waals surface area contributed by atoms with Crippen molar-refractivity contribution >= 4 is 16.8 Å². The molecule has 0 aliphatic carbocycles. The van der Waals surface area contributed by atoms with Gasteiger partial charge in [-0.15, -0.1) is 15.0 Å². The summed E-state index contributed by atoms with van der Waals surface area (Å²) in [6.45, 7) is 13.7. The minimum Gasteiger partial charge on any atom is -0.505 e. The van der Waals surface area contributed by atoms with Gasteiger partial charge >= 0.3 is 0 Å². The number of rotatable bonds is 2. The molecule has 144 valence electrons. The summed E-state index contributed by atoms with van der Waals surface area (Å²) >= 11 is 0. The van der Waals surface area contributed by atoms with Crippen molar-refractivity contribution in [2.75, 3.05) is 0 Å². The minimum atomic E-state index is -0.145. The average molecular weight is 367 g/mol. The normalized spacial score (nSPS) is 11.2. The third kappa shape index (κ3) is 4.94. The summed E-state index contributed by atoms with van der Waals surface area (Å²) in [5.41, 5.74) is 5.26. The molecule has 0 bridgehead atoms. The standard InChI is InChI=1S/C18H21N3O.C4H8O/c1-11-6-7-14-15(9-11)20-21(19-14)16-10-12(2)8-13(17(16)22)18(3,4)5;1-3-4(2)5/h6-10,22H,1-5H3;3H2,1-2H3. The van der Waals surface area contributed by atoms with Crippen LogP contribution in [0.15, 0.2) is 30.3 Å². The molecule has 0 aliphatic heterocycles. The first-order chi connectivity index (χ1) is 12.5. The molecule has 5 nitrogen and oxygen atoms in total. The lowest BCUT2D eigenvalue weighted by atomic mass is 9.85. The molecule has 3 rings (SSSR count). The lowest BCUT2D eigenvalue weighted by Gasteiger charge is -2.22. The smallest absolute Gasteiger partial charge is 0.146 e. The van der Waals surface area contributed by atoms with E-state index in [0.29, 0.717) is 12.1 Å². The molecule has 1 aromatic heterocycles. The predicted molar refractivity (Wildman–Crippen MR) is 110 cm³/mol. The van der Waals surface area contributed by atoms with Crippen LogP contribution in [0.25, 0.3) is 16.7 Å². The summed E-state index contributed by atoms with van der Waals surface area (Å²) in [7, 11) is 0. The summed E-state index contributed by atoms with van der Waals surface area (Å²) in [6, 6.07) is 9.89. The molecule has 0 saturated carbocycles. The van der Waals surface area contributed by atoms with Crippen LogP contribution in [0.3, 0.4) is 0 Å². The summed E-state index contributed by atoms with van der Waals surface area (Å²) in [5, 5.41) is 19.7. The molecular weight excluding hydrogens is 338 g/mol. The molecule has 0 atom stereocenters. The number of nitrogens with zero attached hydrogens (tertiary/aromatic N) is 3. The number of carbonyl (C=O) groups excluding carboxylic acids is 1. The van der Waals surface area contributed by atoms with Gasteiger partial charge in [-0.3, -0.25) is 0 Å². The number of ketones is 1. The number of phenolic OH excluding ortho intramolecular Hbond substituents is 1. The van der Waals surface area contributed by atoms with Gasteiger partial charge in [-0.05, 0) is 55.5 Å². The minimum absolute atomic E-state index is 0.145. The van der Waals surface area contributed by atoms with E-state index in [0.717, 1.165) is 27.7 Å². The Balaban J connectivity index is 0.000000465. The Labute approximate surface area is 161 Å². The highest BCUT2D eigenvalue weighted by atomic mass is 16.3. The molecular formula is C22H29N3O2. The van der Waals surface area contributed by atoms with Gasteiger partial charge in [0, 0.05) is 12.0 Å². The number of aromatic nitrogens is 3. The monoisotopic (exact) mass is 367 g/mol. The Kier molecular flexibility index (Phi) is 6.04. The second-order valence-corrected chi connectivity index (χ2v) is 7.97. The summed E-state index contributed by atoms with van der Waals surface area (Å²) in [4.78, 5) is 11.3. The van der Waals surface area contributed by atoms with Crippen LogP contribution in [0.2, 0.25) is 0 Å². The molecule has 0 radical (unpaired) electrons. The molecule has 1 N–H and O–H groups in total. The van der Waals surface area contributed by atoms with E-state index < -0.39 is 0 Å². The topological polar surface area (TPSA) is 68.0 Å². The molecule has 0 spiro atoms. The number of Topliss-reactive ketones (excluding diaryl/α,β-unsaturated/α-hetero) is 1. The number of aromatic hydroxyl groups is 1. The maximum Gasteiger partial charge on any atom is 0.146 e. The van der Waals surface area contributed by atoms with E-state index in [1.165, 1.54) is 4.80 Å². The molecule has 0 saturated heterocycles. The zero-order valence-electron chi connectivity index (χ0n) is 17.3. The SMILES string of the molecule is CCC(C)=O.Cc1cc(-n2nc3ccc(C)cc3n2)c(O)c(C(C)(C)C)c1. The van der Waals surface area contributed by atoms with E-state index in [-0.39, 0.29) is 16.9 Å². The van der Waals surface area contributed by atoms with Gasteiger partial charge in [0.1, 0.15) is 28.3 Å². The van der Waals surface area contributed by atoms with Gasteiger partial charge in [0.2, 0.25) is 0 Å². The van der Waals surface area contributed by atoms with E-state index in [4.69, 9.17) is 0 Å². The Hall–Kier alpha value is -2.69. The fourth-order valence-corrected chi connectivity index (χ4v) is 2.62. The first-order valence-electron chi connectivity index (χ1n) is 9.20. The van der Waals surface area contributed by atoms with E-state index in [9.17, 15) is 9.90 Å². The molecule has 5 heteroatoms. The van der Waals surface area contributed by atoms with Gasteiger partial charge in [-0.25, -0.2) is 0 Å². The number of aryl methyl sites for hydroxylation is 2. The Morgan fingerprint density at radius 2 is 1.63 bits per heavy atom. The number of hydrogen-bond acceptors (Lipinski definition) is 4. The molecule has 3 aromatic rings. The quantitative estimate of drug-likeness (QED) is 0.690. The Morgan fingerprint density at radius 1 is 1.04 bits per heavy atom. The van der Waals surface area contributed by atoms with Crippen LogP contribution in [0.5, 0.6) is 5.75 Å². The number of carbonyl (C=O) groups is 1. The lowest BCUT2D eigenvalue weighted by molar-refractivity contribution is -0.116. The van der Waals surface area contributed by atoms with Gasteiger partial charge in [0.15, 0.2) is 0 Å². The van der Waals surface area contributed by atoms with Crippen molar-refractivity contribution in [2.45, 2.75) is 60.3 Å². The molecule has 0 amide bonds. The average Bonchev–Trinajstić information content (AvgIpc) is 2.99. The fourth-order valence-electron chi connectivity index (χ4n) is 2.62. The highest BCUT2D eigenvalue weighted by molar-refractivity contribution is 5.75. The maximum absolute atomic E-state index is 10.7. The van der Waals surface area contributed by atoms with Crippen LogP contribution in [0.4, 0.5) is 0 Å². The predicted octanol–water partition coefficient (Wildman–Crippen LogP) is 5.03. The highest BCUT2D eigenvalue weighted by Crippen LogP contribution is 2.36. The van der Waals surface area contributed by atoms with Crippen LogP contribution < -0.4 is 0 Å². The van der Waals surface area contributed by atoms with Crippen molar-refractivity contribution < 1.29 is 9.90 Å². The highest BCUT2D eigenvalue weighted by Gasteiger charge is 2.22. The van der Waals surface area contributed by atoms with Crippen LogP contribution in [-0.2, 0) is 10.2 Å². The van der Waals surface area contributed by atoms with Crippen LogP contribution >= 0.6 is 0 Å². The van der Waals surface area contributed by atoms with Crippen LogP contribution in [0.1, 0.15) is 57.7 Å². The fraction of sp³-hybridized carbons (Fsp3) is 0.409. The zero-order chi connectivity index (χ0) is 20.4. The van der Waals surface area contributed by atoms with Gasteiger partial charge in [0.25, 0.3) is 0 Å². The summed E-state index contributed by atoms with van der Waals surface area (Å²) in [5.74, 6) is 0.500. The first kappa shape index (κ1) is 20.6. The Bertz CT molecular complexity index is 966. The van der Waals surface area contributed by atoms with Crippen molar-refractivity contribution in [3.8, 4) is 11.4 Å². The number of phenols is 1. The van der Waals surface area contributed by atoms with Crippen molar-refractivity contribution in [3.63, 3.8) is 0 Å². The second kappa shape index (κ2) is 7.91. The molecule has 27 heavy (non-hydrogen) atoms. The van der Waals surface area contributed by atoms with Gasteiger partial charge in [-0.2, -0.15) is 0 Å². The van der Waals surface area contributed by atoms with Crippen LogP contribution in [0, 0.1) is 13.8 Å². The molecule has 0 fully saturated rings. The second-order valence-electron chi connectivity index (χ2n) is 7.97. The van der Waals surface area contributed by atoms with Gasteiger partial charge in [0.05, 0.1) is 0 Å². The van der Waals surface area contributed by atoms with E-state index in [2.05, 4.69) is 31.0 Å².